The van der Waals surface area contributed by atoms with Crippen LogP contribution in [0.3, 0.4) is 0 Å². The molecule has 1 aromatic carbocycles. The maximum Gasteiger partial charge on any atom is 0.221 e. The fourth-order valence-corrected chi connectivity index (χ4v) is 1.34. The minimum Gasteiger partial charge on any atom is -0.281 e. The van der Waals surface area contributed by atoms with Crippen LogP contribution in [0.2, 0.25) is 0 Å². The molecular formula is C11H13ClO. The first-order chi connectivity index (χ1) is 6.22. The molecule has 0 aliphatic carbocycles. The molecule has 1 rings (SSSR count). The van der Waals surface area contributed by atoms with E-state index in [4.69, 9.17) is 11.6 Å². The van der Waals surface area contributed by atoms with Crippen molar-refractivity contribution in [3.8, 4) is 0 Å². The molecule has 2 heteroatoms. The SMILES string of the molecule is CCc1cccc(CCC(=O)Cl)c1. The summed E-state index contributed by atoms with van der Waals surface area (Å²) in [5.41, 5.74) is 2.49. The van der Waals surface area contributed by atoms with Crippen molar-refractivity contribution in [1.82, 2.24) is 0 Å². The highest BCUT2D eigenvalue weighted by Gasteiger charge is 1.98. The average Bonchev–Trinajstić information content (AvgIpc) is 2.15. The van der Waals surface area contributed by atoms with Crippen LogP contribution >= 0.6 is 11.6 Å². The smallest absolute Gasteiger partial charge is 0.221 e. The van der Waals surface area contributed by atoms with E-state index < -0.39 is 0 Å². The quantitative estimate of drug-likeness (QED) is 0.677. The minimum atomic E-state index is -0.262. The van der Waals surface area contributed by atoms with Gasteiger partial charge in [0.25, 0.3) is 0 Å². The lowest BCUT2D eigenvalue weighted by Crippen LogP contribution is -1.92. The van der Waals surface area contributed by atoms with Crippen molar-refractivity contribution in [1.29, 1.82) is 0 Å². The number of carbonyl (C=O) groups excluding carboxylic acids is 1. The number of carbonyl (C=O) groups is 1. The Balaban J connectivity index is 2.61. The lowest BCUT2D eigenvalue weighted by Gasteiger charge is -2.01. The van der Waals surface area contributed by atoms with Gasteiger partial charge in [-0.15, -0.1) is 0 Å². The Labute approximate surface area is 83.7 Å². The summed E-state index contributed by atoms with van der Waals surface area (Å²) in [6, 6.07) is 8.26. The van der Waals surface area contributed by atoms with Crippen molar-refractivity contribution >= 4 is 16.8 Å². The van der Waals surface area contributed by atoms with Crippen molar-refractivity contribution in [2.24, 2.45) is 0 Å². The molecule has 1 nitrogen and oxygen atoms in total. The predicted molar refractivity (Wildman–Crippen MR) is 55.0 cm³/mol. The van der Waals surface area contributed by atoms with Gasteiger partial charge in [0.15, 0.2) is 0 Å². The standard InChI is InChI=1S/C11H13ClO/c1-2-9-4-3-5-10(8-9)6-7-11(12)13/h3-5,8H,2,6-7H2,1H3. The topological polar surface area (TPSA) is 17.1 Å². The van der Waals surface area contributed by atoms with Crippen molar-refractivity contribution in [2.75, 3.05) is 0 Å². The zero-order chi connectivity index (χ0) is 9.68. The fourth-order valence-electron chi connectivity index (χ4n) is 1.25. The highest BCUT2D eigenvalue weighted by molar-refractivity contribution is 6.63. The molecule has 13 heavy (non-hydrogen) atoms. The van der Waals surface area contributed by atoms with Gasteiger partial charge >= 0.3 is 0 Å². The molecular weight excluding hydrogens is 184 g/mol. The van der Waals surface area contributed by atoms with E-state index in [0.29, 0.717) is 6.42 Å². The van der Waals surface area contributed by atoms with Gasteiger partial charge < -0.3 is 0 Å². The van der Waals surface area contributed by atoms with Gasteiger partial charge in [-0.1, -0.05) is 31.2 Å². The van der Waals surface area contributed by atoms with Crippen LogP contribution in [0.1, 0.15) is 24.5 Å². The number of rotatable bonds is 4. The number of hydrogen-bond acceptors (Lipinski definition) is 1. The molecule has 0 amide bonds. The number of halogens is 1. The lowest BCUT2D eigenvalue weighted by molar-refractivity contribution is -0.111. The van der Waals surface area contributed by atoms with Gasteiger partial charge in [-0.05, 0) is 35.6 Å². The van der Waals surface area contributed by atoms with Gasteiger partial charge in [-0.25, -0.2) is 0 Å². The molecule has 0 aliphatic rings. The Kier molecular flexibility index (Phi) is 3.97. The van der Waals surface area contributed by atoms with Crippen LogP contribution in [-0.2, 0) is 17.6 Å². The molecule has 0 spiro atoms. The fraction of sp³-hybridized carbons (Fsp3) is 0.364. The molecule has 0 atom stereocenters. The molecule has 0 unspecified atom stereocenters. The van der Waals surface area contributed by atoms with Crippen LogP contribution in [0.25, 0.3) is 0 Å². The maximum atomic E-state index is 10.5. The third-order valence-corrected chi connectivity index (χ3v) is 2.20. The Morgan fingerprint density at radius 3 is 2.69 bits per heavy atom. The second-order valence-corrected chi connectivity index (χ2v) is 3.45. The summed E-state index contributed by atoms with van der Waals surface area (Å²) in [5.74, 6) is 0. The summed E-state index contributed by atoms with van der Waals surface area (Å²) in [6.45, 7) is 2.12. The molecule has 70 valence electrons. The van der Waals surface area contributed by atoms with Crippen LogP contribution in [0, 0.1) is 0 Å². The number of benzene rings is 1. The van der Waals surface area contributed by atoms with E-state index in [1.165, 1.54) is 11.1 Å². The molecule has 0 N–H and O–H groups in total. The second-order valence-electron chi connectivity index (χ2n) is 3.03. The van der Waals surface area contributed by atoms with Crippen molar-refractivity contribution in [2.45, 2.75) is 26.2 Å². The Morgan fingerprint density at radius 2 is 2.08 bits per heavy atom. The molecule has 0 fully saturated rings. The summed E-state index contributed by atoms with van der Waals surface area (Å²) in [7, 11) is 0. The van der Waals surface area contributed by atoms with E-state index in [0.717, 1.165) is 12.8 Å². The van der Waals surface area contributed by atoms with E-state index in [9.17, 15) is 4.79 Å². The third kappa shape index (κ3) is 3.60. The highest BCUT2D eigenvalue weighted by atomic mass is 35.5. The minimum absolute atomic E-state index is 0.262. The summed E-state index contributed by atoms with van der Waals surface area (Å²) in [4.78, 5) is 10.5. The van der Waals surface area contributed by atoms with Gasteiger partial charge in [-0.3, -0.25) is 4.79 Å². The van der Waals surface area contributed by atoms with Crippen molar-refractivity contribution < 1.29 is 4.79 Å². The molecule has 0 saturated carbocycles. The molecule has 1 aromatic rings. The monoisotopic (exact) mass is 196 g/mol. The Bertz CT molecular complexity index is 294. The average molecular weight is 197 g/mol. The molecule has 0 bridgehead atoms. The summed E-state index contributed by atoms with van der Waals surface area (Å²) in [6.07, 6.45) is 2.20. The predicted octanol–water partition coefficient (Wildman–Crippen LogP) is 2.95. The second kappa shape index (κ2) is 5.03. The van der Waals surface area contributed by atoms with Gasteiger partial charge in [0.2, 0.25) is 5.24 Å². The Hall–Kier alpha value is -0.820. The van der Waals surface area contributed by atoms with Crippen LogP contribution in [0.4, 0.5) is 0 Å². The third-order valence-electron chi connectivity index (χ3n) is 2.01. The highest BCUT2D eigenvalue weighted by Crippen LogP contribution is 2.08. The molecule has 0 heterocycles. The van der Waals surface area contributed by atoms with Gasteiger partial charge in [0.05, 0.1) is 0 Å². The summed E-state index contributed by atoms with van der Waals surface area (Å²) < 4.78 is 0. The Morgan fingerprint density at radius 1 is 1.38 bits per heavy atom. The van der Waals surface area contributed by atoms with E-state index in [1.807, 2.05) is 12.1 Å². The largest absolute Gasteiger partial charge is 0.281 e. The number of aryl methyl sites for hydroxylation is 2. The van der Waals surface area contributed by atoms with Crippen LogP contribution in [-0.4, -0.2) is 5.24 Å². The summed E-state index contributed by atoms with van der Waals surface area (Å²) >= 11 is 5.26. The van der Waals surface area contributed by atoms with Gasteiger partial charge in [-0.2, -0.15) is 0 Å². The first kappa shape index (κ1) is 10.3. The van der Waals surface area contributed by atoms with E-state index in [-0.39, 0.29) is 5.24 Å². The van der Waals surface area contributed by atoms with Crippen LogP contribution in [0.15, 0.2) is 24.3 Å². The maximum absolute atomic E-state index is 10.5. The molecule has 0 radical (unpaired) electrons. The summed E-state index contributed by atoms with van der Waals surface area (Å²) in [5, 5.41) is -0.262. The normalized spacial score (nSPS) is 10.0. The van der Waals surface area contributed by atoms with Crippen molar-refractivity contribution in [3.63, 3.8) is 0 Å². The first-order valence-electron chi connectivity index (χ1n) is 4.48. The van der Waals surface area contributed by atoms with E-state index >= 15 is 0 Å². The zero-order valence-corrected chi connectivity index (χ0v) is 8.47. The van der Waals surface area contributed by atoms with Gasteiger partial charge in [0.1, 0.15) is 0 Å². The first-order valence-corrected chi connectivity index (χ1v) is 4.86. The number of hydrogen-bond donors (Lipinski definition) is 0. The van der Waals surface area contributed by atoms with Crippen molar-refractivity contribution in [3.05, 3.63) is 35.4 Å². The van der Waals surface area contributed by atoms with E-state index in [1.54, 1.807) is 0 Å². The molecule has 0 aliphatic heterocycles. The molecule has 0 saturated heterocycles. The van der Waals surface area contributed by atoms with Crippen LogP contribution in [0.5, 0.6) is 0 Å². The lowest BCUT2D eigenvalue weighted by atomic mass is 10.1. The molecule has 0 aromatic heterocycles. The van der Waals surface area contributed by atoms with E-state index in [2.05, 4.69) is 19.1 Å². The zero-order valence-electron chi connectivity index (χ0n) is 7.72. The van der Waals surface area contributed by atoms with Crippen LogP contribution < -0.4 is 0 Å². The van der Waals surface area contributed by atoms with Gasteiger partial charge in [0, 0.05) is 6.42 Å².